The van der Waals surface area contributed by atoms with Gasteiger partial charge in [-0.3, -0.25) is 0 Å². The third kappa shape index (κ3) is 2.35. The topological polar surface area (TPSA) is 54.2 Å². The lowest BCUT2D eigenvalue weighted by Crippen LogP contribution is -2.36. The van der Waals surface area contributed by atoms with E-state index in [9.17, 15) is 0 Å². The summed E-state index contributed by atoms with van der Waals surface area (Å²) in [5, 5.41) is 16.9. The summed E-state index contributed by atoms with van der Waals surface area (Å²) < 4.78 is 1.90. The summed E-state index contributed by atoms with van der Waals surface area (Å²) in [4.78, 5) is 2.43. The molecule has 0 radical (unpaired) electrons. The number of aromatic nitrogens is 3. The smallest absolute Gasteiger partial charge is 0.108 e. The summed E-state index contributed by atoms with van der Waals surface area (Å²) in [5.74, 6) is 0. The van der Waals surface area contributed by atoms with Crippen molar-refractivity contribution in [1.29, 1.82) is 0 Å². The standard InChI is InChI=1S/C10H18N4O/c1-2-13-5-3-4-10(7-13)14-6-9(8-15)11-12-14/h6,10,15H,2-5,7-8H2,1H3/t10-/m1/s1. The minimum absolute atomic E-state index is 0.0236. The maximum absolute atomic E-state index is 8.92. The predicted molar refractivity (Wildman–Crippen MR) is 56.3 cm³/mol. The molecular weight excluding hydrogens is 192 g/mol. The van der Waals surface area contributed by atoms with E-state index >= 15 is 0 Å². The second kappa shape index (κ2) is 4.72. The molecule has 84 valence electrons. The maximum atomic E-state index is 8.92. The van der Waals surface area contributed by atoms with Crippen LogP contribution in [0.5, 0.6) is 0 Å². The Bertz CT molecular complexity index is 312. The van der Waals surface area contributed by atoms with Crippen molar-refractivity contribution in [2.24, 2.45) is 0 Å². The van der Waals surface area contributed by atoms with Gasteiger partial charge < -0.3 is 10.0 Å². The van der Waals surface area contributed by atoms with E-state index in [1.807, 2.05) is 10.9 Å². The Morgan fingerprint density at radius 3 is 3.13 bits per heavy atom. The monoisotopic (exact) mass is 210 g/mol. The highest BCUT2D eigenvalue weighted by Gasteiger charge is 2.20. The van der Waals surface area contributed by atoms with E-state index in [-0.39, 0.29) is 6.61 Å². The zero-order valence-electron chi connectivity index (χ0n) is 9.13. The summed E-state index contributed by atoms with van der Waals surface area (Å²) in [5.41, 5.74) is 0.656. The summed E-state index contributed by atoms with van der Waals surface area (Å²) >= 11 is 0. The van der Waals surface area contributed by atoms with Gasteiger partial charge in [0.25, 0.3) is 0 Å². The number of nitrogens with zero attached hydrogens (tertiary/aromatic N) is 4. The van der Waals surface area contributed by atoms with Crippen LogP contribution in [-0.4, -0.2) is 44.6 Å². The first kappa shape index (κ1) is 10.6. The fraction of sp³-hybridized carbons (Fsp3) is 0.800. The van der Waals surface area contributed by atoms with E-state index in [1.165, 1.54) is 13.0 Å². The van der Waals surface area contributed by atoms with Crippen LogP contribution in [0.2, 0.25) is 0 Å². The fourth-order valence-corrected chi connectivity index (χ4v) is 2.10. The molecule has 0 spiro atoms. The van der Waals surface area contributed by atoms with Gasteiger partial charge in [-0.15, -0.1) is 5.10 Å². The Kier molecular flexibility index (Phi) is 3.33. The van der Waals surface area contributed by atoms with Crippen molar-refractivity contribution in [3.8, 4) is 0 Å². The Morgan fingerprint density at radius 2 is 2.47 bits per heavy atom. The van der Waals surface area contributed by atoms with Crippen molar-refractivity contribution in [2.75, 3.05) is 19.6 Å². The lowest BCUT2D eigenvalue weighted by Gasteiger charge is -2.31. The number of hydrogen-bond acceptors (Lipinski definition) is 4. The van der Waals surface area contributed by atoms with Crippen molar-refractivity contribution in [2.45, 2.75) is 32.4 Å². The molecule has 1 N–H and O–H groups in total. The number of rotatable bonds is 3. The highest BCUT2D eigenvalue weighted by Crippen LogP contribution is 2.20. The Labute approximate surface area is 89.7 Å². The zero-order valence-corrected chi connectivity index (χ0v) is 9.13. The molecule has 1 aromatic heterocycles. The molecule has 1 aromatic rings. The second-order valence-corrected chi connectivity index (χ2v) is 4.04. The van der Waals surface area contributed by atoms with Crippen LogP contribution in [0.1, 0.15) is 31.5 Å². The molecular formula is C10H18N4O. The molecule has 2 rings (SSSR count). The molecule has 2 heterocycles. The van der Waals surface area contributed by atoms with Crippen molar-refractivity contribution < 1.29 is 5.11 Å². The van der Waals surface area contributed by atoms with Crippen LogP contribution >= 0.6 is 0 Å². The Balaban J connectivity index is 2.03. The third-order valence-corrected chi connectivity index (χ3v) is 3.02. The number of piperidine rings is 1. The largest absolute Gasteiger partial charge is 0.390 e. The summed E-state index contributed by atoms with van der Waals surface area (Å²) in [7, 11) is 0. The molecule has 1 atom stereocenters. The first-order chi connectivity index (χ1) is 7.33. The number of aliphatic hydroxyl groups excluding tert-OH is 1. The predicted octanol–water partition coefficient (Wildman–Crippen LogP) is 0.427. The number of aliphatic hydroxyl groups is 1. The SMILES string of the molecule is CCN1CCC[C@@H](n2cc(CO)nn2)C1. The van der Waals surface area contributed by atoms with E-state index in [2.05, 4.69) is 22.1 Å². The minimum atomic E-state index is -0.0236. The van der Waals surface area contributed by atoms with Crippen molar-refractivity contribution in [3.05, 3.63) is 11.9 Å². The lowest BCUT2D eigenvalue weighted by atomic mass is 10.1. The molecule has 0 amide bonds. The third-order valence-electron chi connectivity index (χ3n) is 3.02. The molecule has 1 aliphatic rings. The number of likely N-dealkylation sites (tertiary alicyclic amines) is 1. The normalized spacial score (nSPS) is 23.2. The molecule has 5 heteroatoms. The van der Waals surface area contributed by atoms with Gasteiger partial charge in [-0.05, 0) is 25.9 Å². The van der Waals surface area contributed by atoms with E-state index in [1.54, 1.807) is 0 Å². The second-order valence-electron chi connectivity index (χ2n) is 4.04. The molecule has 1 saturated heterocycles. The molecule has 5 nitrogen and oxygen atoms in total. The fourth-order valence-electron chi connectivity index (χ4n) is 2.10. The number of likely N-dealkylation sites (N-methyl/N-ethyl adjacent to an activating group) is 1. The van der Waals surface area contributed by atoms with E-state index < -0.39 is 0 Å². The van der Waals surface area contributed by atoms with Gasteiger partial charge in [0.05, 0.1) is 18.8 Å². The van der Waals surface area contributed by atoms with Crippen LogP contribution in [-0.2, 0) is 6.61 Å². The molecule has 15 heavy (non-hydrogen) atoms. The van der Waals surface area contributed by atoms with Gasteiger partial charge >= 0.3 is 0 Å². The van der Waals surface area contributed by atoms with Crippen LogP contribution in [0.15, 0.2) is 6.20 Å². The first-order valence-corrected chi connectivity index (χ1v) is 5.57. The highest BCUT2D eigenvalue weighted by atomic mass is 16.3. The zero-order chi connectivity index (χ0) is 10.7. The molecule has 1 aliphatic heterocycles. The van der Waals surface area contributed by atoms with Crippen LogP contribution in [0.4, 0.5) is 0 Å². The Hall–Kier alpha value is -0.940. The molecule has 0 saturated carbocycles. The van der Waals surface area contributed by atoms with Crippen molar-refractivity contribution >= 4 is 0 Å². The van der Waals surface area contributed by atoms with Crippen LogP contribution in [0.25, 0.3) is 0 Å². The van der Waals surface area contributed by atoms with Crippen LogP contribution in [0.3, 0.4) is 0 Å². The number of hydrogen-bond donors (Lipinski definition) is 1. The van der Waals surface area contributed by atoms with E-state index in [0.717, 1.165) is 19.5 Å². The van der Waals surface area contributed by atoms with Gasteiger partial charge in [0.2, 0.25) is 0 Å². The van der Waals surface area contributed by atoms with Gasteiger partial charge in [0.1, 0.15) is 5.69 Å². The van der Waals surface area contributed by atoms with Gasteiger partial charge in [-0.1, -0.05) is 12.1 Å². The van der Waals surface area contributed by atoms with Crippen LogP contribution < -0.4 is 0 Å². The molecule has 1 fully saturated rings. The van der Waals surface area contributed by atoms with Gasteiger partial charge in [0, 0.05) is 6.54 Å². The maximum Gasteiger partial charge on any atom is 0.108 e. The average molecular weight is 210 g/mol. The quantitative estimate of drug-likeness (QED) is 0.786. The average Bonchev–Trinajstić information content (AvgIpc) is 2.78. The van der Waals surface area contributed by atoms with Gasteiger partial charge in [-0.2, -0.15) is 0 Å². The summed E-state index contributed by atoms with van der Waals surface area (Å²) in [6.45, 7) is 5.49. The Morgan fingerprint density at radius 1 is 1.60 bits per heavy atom. The van der Waals surface area contributed by atoms with Gasteiger partial charge in [-0.25, -0.2) is 4.68 Å². The van der Waals surface area contributed by atoms with Gasteiger partial charge in [0.15, 0.2) is 0 Å². The minimum Gasteiger partial charge on any atom is -0.390 e. The summed E-state index contributed by atoms with van der Waals surface area (Å²) in [6.07, 6.45) is 4.22. The highest BCUT2D eigenvalue weighted by molar-refractivity contribution is 4.91. The first-order valence-electron chi connectivity index (χ1n) is 5.57. The van der Waals surface area contributed by atoms with Crippen molar-refractivity contribution in [1.82, 2.24) is 19.9 Å². The van der Waals surface area contributed by atoms with E-state index in [4.69, 9.17) is 5.11 Å². The molecule has 0 bridgehead atoms. The molecule has 0 aromatic carbocycles. The van der Waals surface area contributed by atoms with Crippen molar-refractivity contribution in [3.63, 3.8) is 0 Å². The molecule has 0 aliphatic carbocycles. The van der Waals surface area contributed by atoms with E-state index in [0.29, 0.717) is 11.7 Å². The van der Waals surface area contributed by atoms with Crippen LogP contribution in [0, 0.1) is 0 Å². The summed E-state index contributed by atoms with van der Waals surface area (Å²) in [6, 6.07) is 0.423. The lowest BCUT2D eigenvalue weighted by molar-refractivity contribution is 0.176. The molecule has 0 unspecified atom stereocenters.